The van der Waals surface area contributed by atoms with Crippen molar-refractivity contribution in [2.45, 2.75) is 24.3 Å². The monoisotopic (exact) mass is 499 g/mol. The first-order valence-corrected chi connectivity index (χ1v) is 16.0. The molecule has 98 valence electrons. The Morgan fingerprint density at radius 1 is 1.44 bits per heavy atom. The second kappa shape index (κ2) is 11.1. The number of nitrogens with one attached hydrogen (secondary N) is 1. The Hall–Kier alpha value is 1.38. The summed E-state index contributed by atoms with van der Waals surface area (Å²) in [4.78, 5) is 2.37. The van der Waals surface area contributed by atoms with Crippen molar-refractivity contribution >= 4 is 66.0 Å². The fourth-order valence-corrected chi connectivity index (χ4v) is 5.93. The first kappa shape index (κ1) is 17.4. The van der Waals surface area contributed by atoms with E-state index in [0.29, 0.717) is 6.04 Å². The third-order valence-electron chi connectivity index (χ3n) is 2.50. The van der Waals surface area contributed by atoms with Gasteiger partial charge in [0.25, 0.3) is 0 Å². The first-order valence-electron chi connectivity index (χ1n) is 5.91. The van der Waals surface area contributed by atoms with Gasteiger partial charge in [0.05, 0.1) is 0 Å². The summed E-state index contributed by atoms with van der Waals surface area (Å²) >= 11 is 0.457. The number of benzene rings is 1. The summed E-state index contributed by atoms with van der Waals surface area (Å²) in [5, 5.41) is 0. The van der Waals surface area contributed by atoms with Crippen LogP contribution in [0.2, 0.25) is 4.94 Å². The summed E-state index contributed by atoms with van der Waals surface area (Å²) in [5.41, 5.74) is 1.48. The van der Waals surface area contributed by atoms with E-state index >= 15 is 0 Å². The van der Waals surface area contributed by atoms with Crippen LogP contribution >= 0.6 is 20.9 Å². The van der Waals surface area contributed by atoms with Gasteiger partial charge in [0.1, 0.15) is 0 Å². The van der Waals surface area contributed by atoms with Crippen LogP contribution in [0.1, 0.15) is 24.9 Å². The minimum absolute atomic E-state index is 0.364. The summed E-state index contributed by atoms with van der Waals surface area (Å²) in [5.74, 6) is 1.08. The van der Waals surface area contributed by atoms with Crippen molar-refractivity contribution in [1.29, 1.82) is 0 Å². The Balaban J connectivity index is 2.29. The van der Waals surface area contributed by atoms with E-state index in [-0.39, 0.29) is 21.1 Å². The SMILES string of the molecule is [CH3][Sn][c]1ccccc1C(C)NSCCC[O][Sn][Cl]. The van der Waals surface area contributed by atoms with Crippen molar-refractivity contribution < 1.29 is 3.07 Å². The van der Waals surface area contributed by atoms with Gasteiger partial charge in [-0.3, -0.25) is 0 Å². The van der Waals surface area contributed by atoms with Gasteiger partial charge < -0.3 is 0 Å². The van der Waals surface area contributed by atoms with E-state index in [1.165, 1.54) is 5.56 Å². The predicted octanol–water partition coefficient (Wildman–Crippen LogP) is 2.54. The zero-order chi connectivity index (χ0) is 13.2. The molecule has 18 heavy (non-hydrogen) atoms. The van der Waals surface area contributed by atoms with Crippen LogP contribution in [0.3, 0.4) is 0 Å². The van der Waals surface area contributed by atoms with Gasteiger partial charge in [-0.25, -0.2) is 0 Å². The van der Waals surface area contributed by atoms with Gasteiger partial charge in [-0.05, 0) is 0 Å². The molecule has 1 aromatic rings. The van der Waals surface area contributed by atoms with Crippen molar-refractivity contribution in [2.75, 3.05) is 12.4 Å². The van der Waals surface area contributed by atoms with Crippen molar-refractivity contribution in [2.24, 2.45) is 0 Å². The summed E-state index contributed by atoms with van der Waals surface area (Å²) in [6.07, 6.45) is 1.07. The first-order chi connectivity index (χ1) is 8.79. The molecule has 1 atom stereocenters. The molecule has 0 aromatic heterocycles. The molecule has 0 aliphatic carbocycles. The molecule has 1 rings (SSSR count). The van der Waals surface area contributed by atoms with E-state index in [1.807, 2.05) is 0 Å². The standard InChI is InChI=1S/C11H15NOS.CH3.ClH.2Sn/c1-10(12-14-9-5-8-13)11-6-3-2-4-7-11;;;;/h2-4,6,10,12H,5,8-9H2,1H3;1H3;1H;;/q-1;;;;+2/p-1. The molecule has 1 N–H and O–H groups in total. The van der Waals surface area contributed by atoms with Gasteiger partial charge >= 0.3 is 140 Å². The minimum atomic E-state index is -0.970. The van der Waals surface area contributed by atoms with E-state index in [2.05, 4.69) is 40.9 Å². The molecule has 0 aliphatic rings. The fraction of sp³-hybridized carbons (Fsp3) is 0.500. The fourth-order valence-electron chi connectivity index (χ4n) is 1.59. The Labute approximate surface area is 139 Å². The number of rotatable bonds is 9. The molecule has 0 aliphatic heterocycles. The van der Waals surface area contributed by atoms with Gasteiger partial charge in [-0.2, -0.15) is 0 Å². The van der Waals surface area contributed by atoms with Crippen LogP contribution in [-0.2, 0) is 3.07 Å². The summed E-state index contributed by atoms with van der Waals surface area (Å²) in [7, 11) is 5.61. The van der Waals surface area contributed by atoms with Crippen LogP contribution < -0.4 is 8.30 Å². The molecule has 2 nitrogen and oxygen atoms in total. The second-order valence-corrected chi connectivity index (χ2v) is 10.0. The van der Waals surface area contributed by atoms with Crippen molar-refractivity contribution in [1.82, 2.24) is 4.72 Å². The van der Waals surface area contributed by atoms with Crippen LogP contribution in [0.5, 0.6) is 0 Å². The van der Waals surface area contributed by atoms with Gasteiger partial charge in [0, 0.05) is 0 Å². The van der Waals surface area contributed by atoms with E-state index in [4.69, 9.17) is 12.0 Å². The molecule has 6 heteroatoms. The maximum absolute atomic E-state index is 5.61. The quantitative estimate of drug-likeness (QED) is 0.322. The Morgan fingerprint density at radius 2 is 2.22 bits per heavy atom. The van der Waals surface area contributed by atoms with Gasteiger partial charge in [-0.1, -0.05) is 0 Å². The molecule has 0 saturated heterocycles. The summed E-state index contributed by atoms with van der Waals surface area (Å²) < 4.78 is 10.4. The Bertz CT molecular complexity index is 344. The van der Waals surface area contributed by atoms with Gasteiger partial charge in [0.2, 0.25) is 0 Å². The molecule has 0 saturated carbocycles. The van der Waals surface area contributed by atoms with Crippen LogP contribution in [0.15, 0.2) is 24.3 Å². The molecule has 0 bridgehead atoms. The van der Waals surface area contributed by atoms with E-state index < -0.39 is 20.4 Å². The molecule has 4 radical (unpaired) electrons. The molecule has 1 unspecified atom stereocenters. The van der Waals surface area contributed by atoms with Crippen LogP contribution in [0, 0.1) is 0 Å². The number of halogens is 1. The molecule has 0 heterocycles. The Kier molecular flexibility index (Phi) is 10.7. The third kappa shape index (κ3) is 6.70. The molecule has 0 amide bonds. The zero-order valence-corrected chi connectivity index (χ0v) is 18.0. The second-order valence-electron chi connectivity index (χ2n) is 3.80. The average molecular weight is 497 g/mol. The molecule has 0 fully saturated rings. The number of hydrogen-bond donors (Lipinski definition) is 1. The molecule has 0 spiro atoms. The van der Waals surface area contributed by atoms with Crippen molar-refractivity contribution in [3.63, 3.8) is 0 Å². The van der Waals surface area contributed by atoms with Crippen LogP contribution in [0.25, 0.3) is 0 Å². The van der Waals surface area contributed by atoms with Gasteiger partial charge in [0.15, 0.2) is 0 Å². The average Bonchev–Trinajstić information content (AvgIpc) is 2.42. The number of hydrogen-bond acceptors (Lipinski definition) is 3. The van der Waals surface area contributed by atoms with Crippen LogP contribution in [0.4, 0.5) is 0 Å². The van der Waals surface area contributed by atoms with Crippen molar-refractivity contribution in [3.05, 3.63) is 29.8 Å². The topological polar surface area (TPSA) is 21.3 Å². The Morgan fingerprint density at radius 3 is 2.94 bits per heavy atom. The molecular weight excluding hydrogens is 479 g/mol. The third-order valence-corrected chi connectivity index (χ3v) is 7.98. The summed E-state index contributed by atoms with van der Waals surface area (Å²) in [6, 6.07) is 9.25. The van der Waals surface area contributed by atoms with Gasteiger partial charge in [-0.15, -0.1) is 0 Å². The van der Waals surface area contributed by atoms with Crippen molar-refractivity contribution in [3.8, 4) is 0 Å². The van der Waals surface area contributed by atoms with Crippen LogP contribution in [-0.4, -0.2) is 53.9 Å². The predicted molar refractivity (Wildman–Crippen MR) is 83.9 cm³/mol. The maximum atomic E-state index is 5.61. The van der Waals surface area contributed by atoms with E-state index in [9.17, 15) is 0 Å². The van der Waals surface area contributed by atoms with E-state index in [0.717, 1.165) is 18.8 Å². The zero-order valence-electron chi connectivity index (χ0n) is 10.7. The van der Waals surface area contributed by atoms with E-state index in [1.54, 1.807) is 15.5 Å². The molecule has 1 aromatic carbocycles. The summed E-state index contributed by atoms with van der Waals surface area (Å²) in [6.45, 7) is 3.06. The normalized spacial score (nSPS) is 12.6. The molecular formula is C12H18ClNOSSn2.